The van der Waals surface area contributed by atoms with Crippen LogP contribution in [0.15, 0.2) is 24.3 Å². The molecule has 1 aromatic rings. The Morgan fingerprint density at radius 1 is 1.12 bits per heavy atom. The Morgan fingerprint density at radius 3 is 2.42 bits per heavy atom. The maximum Gasteiger partial charge on any atom is 0.253 e. The normalized spacial score (nSPS) is 22.3. The molecule has 0 saturated carbocycles. The number of nitrogens with zero attached hydrogens (tertiary/aromatic N) is 1. The molecular formula is C20H30ClN3O2. The number of likely N-dealkylation sites (tertiary alicyclic amines) is 1. The molecular weight excluding hydrogens is 350 g/mol. The maximum atomic E-state index is 12.8. The van der Waals surface area contributed by atoms with E-state index in [2.05, 4.69) is 10.6 Å². The molecule has 0 aromatic heterocycles. The summed E-state index contributed by atoms with van der Waals surface area (Å²) in [4.78, 5) is 26.7. The molecule has 1 aromatic carbocycles. The van der Waals surface area contributed by atoms with Gasteiger partial charge in [0.25, 0.3) is 5.91 Å². The number of carbonyl (C=O) groups is 2. The van der Waals surface area contributed by atoms with Crippen molar-refractivity contribution in [3.8, 4) is 0 Å². The largest absolute Gasteiger partial charge is 0.352 e. The number of rotatable bonds is 3. The highest BCUT2D eigenvalue weighted by Crippen LogP contribution is 2.21. The molecule has 2 unspecified atom stereocenters. The Labute approximate surface area is 162 Å². The summed E-state index contributed by atoms with van der Waals surface area (Å²) in [7, 11) is 0. The number of nitrogens with one attached hydrogen (secondary N) is 2. The molecule has 2 N–H and O–H groups in total. The van der Waals surface area contributed by atoms with Crippen LogP contribution in [0.4, 0.5) is 0 Å². The van der Waals surface area contributed by atoms with E-state index in [4.69, 9.17) is 0 Å². The first-order chi connectivity index (χ1) is 11.8. The van der Waals surface area contributed by atoms with Crippen LogP contribution in [0.1, 0.15) is 56.0 Å². The first kappa shape index (κ1) is 20.7. The lowest BCUT2D eigenvalue weighted by molar-refractivity contribution is -0.128. The fourth-order valence-corrected chi connectivity index (χ4v) is 3.52. The summed E-state index contributed by atoms with van der Waals surface area (Å²) < 4.78 is 0. The van der Waals surface area contributed by atoms with E-state index < -0.39 is 5.41 Å². The van der Waals surface area contributed by atoms with Crippen molar-refractivity contribution in [2.75, 3.05) is 13.1 Å². The Balaban J connectivity index is 0.00000243. The van der Waals surface area contributed by atoms with Crippen molar-refractivity contribution in [2.45, 2.75) is 58.7 Å². The van der Waals surface area contributed by atoms with E-state index >= 15 is 0 Å². The van der Waals surface area contributed by atoms with Gasteiger partial charge < -0.3 is 15.5 Å². The summed E-state index contributed by atoms with van der Waals surface area (Å²) in [6.45, 7) is 7.81. The molecule has 0 aliphatic carbocycles. The Morgan fingerprint density at radius 2 is 1.77 bits per heavy atom. The van der Waals surface area contributed by atoms with Gasteiger partial charge in [0.15, 0.2) is 0 Å². The van der Waals surface area contributed by atoms with Gasteiger partial charge in [0.05, 0.1) is 0 Å². The quantitative estimate of drug-likeness (QED) is 0.848. The minimum absolute atomic E-state index is 0. The number of benzene rings is 1. The first-order valence-electron chi connectivity index (χ1n) is 9.25. The van der Waals surface area contributed by atoms with Crippen LogP contribution in [0.3, 0.4) is 0 Å². The van der Waals surface area contributed by atoms with E-state index in [1.165, 1.54) is 12.8 Å². The molecule has 3 rings (SSSR count). The molecule has 2 bridgehead atoms. The zero-order chi connectivity index (χ0) is 18.0. The third-order valence-corrected chi connectivity index (χ3v) is 5.15. The third kappa shape index (κ3) is 4.98. The summed E-state index contributed by atoms with van der Waals surface area (Å²) in [6.07, 6.45) is 3.45. The van der Waals surface area contributed by atoms with E-state index in [1.807, 2.05) is 49.9 Å². The fourth-order valence-electron chi connectivity index (χ4n) is 3.52. The van der Waals surface area contributed by atoms with Crippen LogP contribution in [-0.4, -0.2) is 41.9 Å². The lowest BCUT2D eigenvalue weighted by atomic mass is 9.95. The summed E-state index contributed by atoms with van der Waals surface area (Å²) >= 11 is 0. The highest BCUT2D eigenvalue weighted by molar-refractivity contribution is 5.94. The molecule has 2 aliphatic rings. The average Bonchev–Trinajstić information content (AvgIpc) is 2.90. The van der Waals surface area contributed by atoms with Crippen molar-refractivity contribution in [1.29, 1.82) is 0 Å². The Hall–Kier alpha value is -1.59. The molecule has 2 heterocycles. The molecule has 144 valence electrons. The standard InChI is InChI=1S/C20H29N3O2.ClH/c1-20(2,3)19(25)21-12-14-4-6-15(7-5-14)18(24)23-11-10-16-8-9-17(13-23)22-16;/h4-7,16-17,22H,8-13H2,1-3H3,(H,21,25);1H. The zero-order valence-corrected chi connectivity index (χ0v) is 16.7. The molecule has 2 aliphatic heterocycles. The molecule has 2 atom stereocenters. The maximum absolute atomic E-state index is 12.8. The number of halogens is 1. The van der Waals surface area contributed by atoms with Crippen LogP contribution in [0.25, 0.3) is 0 Å². The molecule has 2 amide bonds. The van der Waals surface area contributed by atoms with Crippen LogP contribution in [-0.2, 0) is 11.3 Å². The number of fused-ring (bicyclic) bond motifs is 2. The number of hydrogen-bond acceptors (Lipinski definition) is 3. The summed E-state index contributed by atoms with van der Waals surface area (Å²) in [6, 6.07) is 8.63. The Bertz CT molecular complexity index is 639. The van der Waals surface area contributed by atoms with Gasteiger partial charge in [0.1, 0.15) is 0 Å². The number of hydrogen-bond donors (Lipinski definition) is 2. The molecule has 6 heteroatoms. The molecule has 2 saturated heterocycles. The SMILES string of the molecule is CC(C)(C)C(=O)NCc1ccc(C(=O)N2CCC3CCC(C2)N3)cc1.Cl. The summed E-state index contributed by atoms with van der Waals surface area (Å²) in [5, 5.41) is 6.54. The van der Waals surface area contributed by atoms with Gasteiger partial charge in [-0.2, -0.15) is 0 Å². The minimum atomic E-state index is -0.393. The van der Waals surface area contributed by atoms with E-state index in [-0.39, 0.29) is 24.2 Å². The van der Waals surface area contributed by atoms with E-state index in [0.717, 1.165) is 30.6 Å². The number of amides is 2. The second-order valence-electron chi connectivity index (χ2n) is 8.31. The smallest absolute Gasteiger partial charge is 0.253 e. The topological polar surface area (TPSA) is 61.4 Å². The predicted molar refractivity (Wildman–Crippen MR) is 105 cm³/mol. The van der Waals surface area contributed by atoms with Crippen molar-refractivity contribution in [1.82, 2.24) is 15.5 Å². The highest BCUT2D eigenvalue weighted by atomic mass is 35.5. The second kappa shape index (κ2) is 8.40. The van der Waals surface area contributed by atoms with Gasteiger partial charge in [-0.3, -0.25) is 9.59 Å². The van der Waals surface area contributed by atoms with Gasteiger partial charge in [-0.25, -0.2) is 0 Å². The first-order valence-corrected chi connectivity index (χ1v) is 9.25. The van der Waals surface area contributed by atoms with E-state index in [1.54, 1.807) is 0 Å². The average molecular weight is 380 g/mol. The van der Waals surface area contributed by atoms with Crippen LogP contribution in [0.2, 0.25) is 0 Å². The van der Waals surface area contributed by atoms with E-state index in [9.17, 15) is 9.59 Å². The predicted octanol–water partition coefficient (Wildman–Crippen LogP) is 2.74. The van der Waals surface area contributed by atoms with Crippen LogP contribution in [0.5, 0.6) is 0 Å². The van der Waals surface area contributed by atoms with Crippen LogP contribution >= 0.6 is 12.4 Å². The van der Waals surface area contributed by atoms with Crippen molar-refractivity contribution in [3.05, 3.63) is 35.4 Å². The second-order valence-corrected chi connectivity index (χ2v) is 8.31. The summed E-state index contributed by atoms with van der Waals surface area (Å²) in [5.74, 6) is 0.138. The van der Waals surface area contributed by atoms with Gasteiger partial charge in [-0.1, -0.05) is 32.9 Å². The van der Waals surface area contributed by atoms with Crippen molar-refractivity contribution in [2.24, 2.45) is 5.41 Å². The fraction of sp³-hybridized carbons (Fsp3) is 0.600. The molecule has 26 heavy (non-hydrogen) atoms. The van der Waals surface area contributed by atoms with Gasteiger partial charge in [0, 0.05) is 42.7 Å². The number of carbonyl (C=O) groups excluding carboxylic acids is 2. The molecule has 2 fully saturated rings. The van der Waals surface area contributed by atoms with Crippen LogP contribution in [0, 0.1) is 5.41 Å². The van der Waals surface area contributed by atoms with Crippen molar-refractivity contribution in [3.63, 3.8) is 0 Å². The highest BCUT2D eigenvalue weighted by Gasteiger charge is 2.31. The molecule has 5 nitrogen and oxygen atoms in total. The lowest BCUT2D eigenvalue weighted by Crippen LogP contribution is -2.39. The molecule has 0 spiro atoms. The van der Waals surface area contributed by atoms with Gasteiger partial charge in [-0.15, -0.1) is 12.4 Å². The van der Waals surface area contributed by atoms with Crippen molar-refractivity contribution >= 4 is 24.2 Å². The third-order valence-electron chi connectivity index (χ3n) is 5.15. The summed E-state index contributed by atoms with van der Waals surface area (Å²) in [5.41, 5.74) is 1.34. The Kier molecular flexibility index (Phi) is 6.69. The van der Waals surface area contributed by atoms with Gasteiger partial charge in [-0.05, 0) is 37.0 Å². The van der Waals surface area contributed by atoms with E-state index in [0.29, 0.717) is 18.6 Å². The monoisotopic (exact) mass is 379 g/mol. The minimum Gasteiger partial charge on any atom is -0.352 e. The van der Waals surface area contributed by atoms with Crippen LogP contribution < -0.4 is 10.6 Å². The van der Waals surface area contributed by atoms with Gasteiger partial charge >= 0.3 is 0 Å². The zero-order valence-electron chi connectivity index (χ0n) is 15.9. The molecule has 0 radical (unpaired) electrons. The lowest BCUT2D eigenvalue weighted by Gasteiger charge is -2.24. The van der Waals surface area contributed by atoms with Crippen molar-refractivity contribution < 1.29 is 9.59 Å². The van der Waals surface area contributed by atoms with Gasteiger partial charge in [0.2, 0.25) is 5.91 Å².